The van der Waals surface area contributed by atoms with Gasteiger partial charge in [-0.15, -0.1) is 0 Å². The maximum absolute atomic E-state index is 13.2. The van der Waals surface area contributed by atoms with Crippen LogP contribution in [-0.2, 0) is 14.8 Å². The highest BCUT2D eigenvalue weighted by Gasteiger charge is 2.30. The van der Waals surface area contributed by atoms with Crippen molar-refractivity contribution in [2.45, 2.75) is 13.0 Å². The molecule has 134 valence electrons. The van der Waals surface area contributed by atoms with Crippen LogP contribution in [0, 0.1) is 5.82 Å². The Hall–Kier alpha value is -1.83. The zero-order valence-corrected chi connectivity index (χ0v) is 15.7. The van der Waals surface area contributed by atoms with Crippen molar-refractivity contribution < 1.29 is 17.6 Å². The van der Waals surface area contributed by atoms with Crippen molar-refractivity contribution in [3.8, 4) is 0 Å². The fraction of sp³-hybridized carbons (Fsp3) is 0.188. The van der Waals surface area contributed by atoms with Gasteiger partial charge in [0.05, 0.1) is 17.0 Å². The van der Waals surface area contributed by atoms with Crippen molar-refractivity contribution in [3.63, 3.8) is 0 Å². The van der Waals surface area contributed by atoms with Crippen molar-refractivity contribution in [3.05, 3.63) is 58.3 Å². The van der Waals surface area contributed by atoms with E-state index in [-0.39, 0.29) is 21.4 Å². The van der Waals surface area contributed by atoms with E-state index in [1.165, 1.54) is 43.3 Å². The molecular weight excluding hydrogens is 390 g/mol. The largest absolute Gasteiger partial charge is 0.324 e. The number of nitrogens with one attached hydrogen (secondary N) is 1. The summed E-state index contributed by atoms with van der Waals surface area (Å²) in [6.45, 7) is 1.40. The van der Waals surface area contributed by atoms with E-state index < -0.39 is 27.8 Å². The van der Waals surface area contributed by atoms with Gasteiger partial charge in [-0.25, -0.2) is 12.8 Å². The number of benzene rings is 2. The highest BCUT2D eigenvalue weighted by molar-refractivity contribution is 7.92. The molecule has 0 heterocycles. The van der Waals surface area contributed by atoms with E-state index in [4.69, 9.17) is 23.2 Å². The molecule has 0 aromatic heterocycles. The maximum atomic E-state index is 13.2. The van der Waals surface area contributed by atoms with E-state index in [0.29, 0.717) is 0 Å². The molecule has 5 nitrogen and oxygen atoms in total. The van der Waals surface area contributed by atoms with Gasteiger partial charge in [0.15, 0.2) is 0 Å². The zero-order chi connectivity index (χ0) is 18.8. The molecule has 9 heteroatoms. The fourth-order valence-electron chi connectivity index (χ4n) is 2.25. The summed E-state index contributed by atoms with van der Waals surface area (Å²) < 4.78 is 38.6. The standard InChI is InChI=1S/C16H15Cl2FN2O3S/c1-10(16(22)20-13-5-3-4-12(19)9-13)21(25(2,23)24)15-8-11(17)6-7-14(15)18/h3-10H,1-2H3,(H,20,22)/t10-/m0/s1. The predicted molar refractivity (Wildman–Crippen MR) is 98.3 cm³/mol. The third-order valence-electron chi connectivity index (χ3n) is 3.33. The van der Waals surface area contributed by atoms with Crippen LogP contribution >= 0.6 is 23.2 Å². The Bertz CT molecular complexity index is 906. The molecule has 0 saturated heterocycles. The van der Waals surface area contributed by atoms with Crippen LogP contribution in [0.25, 0.3) is 0 Å². The molecule has 0 aliphatic heterocycles. The van der Waals surface area contributed by atoms with Gasteiger partial charge in [0.2, 0.25) is 15.9 Å². The molecule has 0 aliphatic rings. The molecule has 0 aliphatic carbocycles. The third kappa shape index (κ3) is 4.84. The van der Waals surface area contributed by atoms with Gasteiger partial charge in [-0.1, -0.05) is 29.3 Å². The SMILES string of the molecule is C[C@@H](C(=O)Nc1cccc(F)c1)N(c1cc(Cl)ccc1Cl)S(C)(=O)=O. The Kier molecular flexibility index (Phi) is 5.92. The molecule has 0 unspecified atom stereocenters. The summed E-state index contributed by atoms with van der Waals surface area (Å²) in [7, 11) is -3.85. The van der Waals surface area contributed by atoms with Crippen LogP contribution in [0.15, 0.2) is 42.5 Å². The minimum atomic E-state index is -3.85. The van der Waals surface area contributed by atoms with Crippen LogP contribution < -0.4 is 9.62 Å². The summed E-state index contributed by atoms with van der Waals surface area (Å²) in [6, 6.07) is 8.43. The number of halogens is 3. The molecule has 2 rings (SSSR count). The maximum Gasteiger partial charge on any atom is 0.247 e. The Morgan fingerprint density at radius 3 is 2.48 bits per heavy atom. The minimum Gasteiger partial charge on any atom is -0.324 e. The van der Waals surface area contributed by atoms with Gasteiger partial charge < -0.3 is 5.32 Å². The second-order valence-corrected chi connectivity index (χ2v) is 8.03. The van der Waals surface area contributed by atoms with Gasteiger partial charge in [-0.05, 0) is 43.3 Å². The monoisotopic (exact) mass is 404 g/mol. The quantitative estimate of drug-likeness (QED) is 0.820. The highest BCUT2D eigenvalue weighted by atomic mass is 35.5. The number of carbonyl (C=O) groups excluding carboxylic acids is 1. The Labute approximate surface area is 155 Å². The Morgan fingerprint density at radius 2 is 1.88 bits per heavy atom. The van der Waals surface area contributed by atoms with Crippen molar-refractivity contribution >= 4 is 50.5 Å². The highest BCUT2D eigenvalue weighted by Crippen LogP contribution is 2.32. The number of hydrogen-bond acceptors (Lipinski definition) is 3. The lowest BCUT2D eigenvalue weighted by Gasteiger charge is -2.29. The first-order valence-corrected chi connectivity index (χ1v) is 9.71. The molecule has 25 heavy (non-hydrogen) atoms. The first kappa shape index (κ1) is 19.5. The van der Waals surface area contributed by atoms with E-state index in [0.717, 1.165) is 16.6 Å². The first-order valence-electron chi connectivity index (χ1n) is 7.10. The topological polar surface area (TPSA) is 66.5 Å². The number of hydrogen-bond donors (Lipinski definition) is 1. The van der Waals surface area contributed by atoms with Gasteiger partial charge in [-0.3, -0.25) is 9.10 Å². The van der Waals surface area contributed by atoms with Gasteiger partial charge in [0.1, 0.15) is 11.9 Å². The second-order valence-electron chi connectivity index (χ2n) is 5.33. The number of rotatable bonds is 5. The van der Waals surface area contributed by atoms with Gasteiger partial charge in [0.25, 0.3) is 0 Å². The van der Waals surface area contributed by atoms with Gasteiger partial charge in [0, 0.05) is 10.7 Å². The van der Waals surface area contributed by atoms with Crippen molar-refractivity contribution in [2.24, 2.45) is 0 Å². The molecule has 2 aromatic carbocycles. The van der Waals surface area contributed by atoms with E-state index in [2.05, 4.69) is 5.32 Å². The fourth-order valence-corrected chi connectivity index (χ4v) is 3.85. The Morgan fingerprint density at radius 1 is 1.20 bits per heavy atom. The first-order chi connectivity index (χ1) is 11.6. The summed E-state index contributed by atoms with van der Waals surface area (Å²) in [5.41, 5.74) is 0.293. The summed E-state index contributed by atoms with van der Waals surface area (Å²) in [5.74, 6) is -1.17. The number of carbonyl (C=O) groups is 1. The van der Waals surface area contributed by atoms with Crippen molar-refractivity contribution in [1.82, 2.24) is 0 Å². The van der Waals surface area contributed by atoms with Gasteiger partial charge in [-0.2, -0.15) is 0 Å². The van der Waals surface area contributed by atoms with E-state index >= 15 is 0 Å². The molecule has 0 spiro atoms. The van der Waals surface area contributed by atoms with Crippen LogP contribution in [0.2, 0.25) is 10.0 Å². The molecule has 0 radical (unpaired) electrons. The number of sulfonamides is 1. The molecule has 1 atom stereocenters. The molecule has 2 aromatic rings. The number of anilines is 2. The van der Waals surface area contributed by atoms with E-state index in [1.54, 1.807) is 0 Å². The number of amides is 1. The normalized spacial score (nSPS) is 12.5. The van der Waals surface area contributed by atoms with Crippen LogP contribution in [0.1, 0.15) is 6.92 Å². The van der Waals surface area contributed by atoms with Crippen LogP contribution in [-0.4, -0.2) is 26.6 Å². The summed E-state index contributed by atoms with van der Waals surface area (Å²) in [4.78, 5) is 12.5. The molecule has 1 N–H and O–H groups in total. The number of nitrogens with zero attached hydrogens (tertiary/aromatic N) is 1. The summed E-state index contributed by atoms with van der Waals surface area (Å²) >= 11 is 12.0. The summed E-state index contributed by atoms with van der Waals surface area (Å²) in [6.07, 6.45) is 0.955. The van der Waals surface area contributed by atoms with Crippen molar-refractivity contribution in [2.75, 3.05) is 15.9 Å². The minimum absolute atomic E-state index is 0.0820. The van der Waals surface area contributed by atoms with E-state index in [9.17, 15) is 17.6 Å². The lowest BCUT2D eigenvalue weighted by molar-refractivity contribution is -0.116. The smallest absolute Gasteiger partial charge is 0.247 e. The molecule has 0 saturated carbocycles. The van der Waals surface area contributed by atoms with Crippen molar-refractivity contribution in [1.29, 1.82) is 0 Å². The molecule has 1 amide bonds. The van der Waals surface area contributed by atoms with E-state index in [1.807, 2.05) is 0 Å². The molecule has 0 fully saturated rings. The third-order valence-corrected chi connectivity index (χ3v) is 5.11. The lowest BCUT2D eigenvalue weighted by Crippen LogP contribution is -2.45. The summed E-state index contributed by atoms with van der Waals surface area (Å²) in [5, 5.41) is 2.87. The Balaban J connectivity index is 2.38. The molecular formula is C16H15Cl2FN2O3S. The molecule has 0 bridgehead atoms. The average Bonchev–Trinajstić information content (AvgIpc) is 2.49. The van der Waals surface area contributed by atoms with Gasteiger partial charge >= 0.3 is 0 Å². The zero-order valence-electron chi connectivity index (χ0n) is 13.3. The lowest BCUT2D eigenvalue weighted by atomic mass is 10.2. The van der Waals surface area contributed by atoms with Crippen LogP contribution in [0.4, 0.5) is 15.8 Å². The average molecular weight is 405 g/mol. The second kappa shape index (κ2) is 7.59. The predicted octanol–water partition coefficient (Wildman–Crippen LogP) is 3.93. The van der Waals surface area contributed by atoms with Crippen LogP contribution in [0.5, 0.6) is 0 Å². The van der Waals surface area contributed by atoms with Crippen LogP contribution in [0.3, 0.4) is 0 Å².